The van der Waals surface area contributed by atoms with Crippen LogP contribution >= 0.6 is 11.6 Å². The first kappa shape index (κ1) is 31.9. The van der Waals surface area contributed by atoms with Gasteiger partial charge in [0.25, 0.3) is 0 Å². The van der Waals surface area contributed by atoms with Crippen LogP contribution in [0.1, 0.15) is 32.8 Å². The van der Waals surface area contributed by atoms with Gasteiger partial charge in [0.2, 0.25) is 11.8 Å². The van der Waals surface area contributed by atoms with E-state index in [1.807, 2.05) is 12.1 Å². The van der Waals surface area contributed by atoms with Crippen LogP contribution in [0.5, 0.6) is 0 Å². The molecule has 0 saturated carbocycles. The third-order valence-electron chi connectivity index (χ3n) is 7.94. The van der Waals surface area contributed by atoms with Crippen LogP contribution < -0.4 is 11.1 Å². The van der Waals surface area contributed by atoms with Gasteiger partial charge in [0.05, 0.1) is 22.5 Å². The average Bonchev–Trinajstić information content (AvgIpc) is 3.71. The average molecular weight is 664 g/mol. The van der Waals surface area contributed by atoms with Crippen LogP contribution in [0.4, 0.5) is 19.4 Å². The molecule has 0 unspecified atom stereocenters. The summed E-state index contributed by atoms with van der Waals surface area (Å²) in [7, 11) is 0. The lowest BCUT2D eigenvalue weighted by atomic mass is 10.1. The van der Waals surface area contributed by atoms with Gasteiger partial charge in [-0.25, -0.2) is 23.5 Å². The molecule has 14 heteroatoms. The molecular formula is C33H32ClF2N7O4. The number of carbonyl (C=O) groups is 3. The number of nitrogen functional groups attached to an aromatic ring is 1. The second kappa shape index (κ2) is 12.3. The zero-order chi connectivity index (χ0) is 33.6. The van der Waals surface area contributed by atoms with Gasteiger partial charge >= 0.3 is 6.09 Å². The Bertz CT molecular complexity index is 2040. The normalized spacial score (nSPS) is 16.6. The van der Waals surface area contributed by atoms with E-state index in [1.165, 1.54) is 27.9 Å². The molecule has 1 fully saturated rings. The van der Waals surface area contributed by atoms with Crippen molar-refractivity contribution < 1.29 is 27.9 Å². The van der Waals surface area contributed by atoms with Gasteiger partial charge in [-0.3, -0.25) is 14.2 Å². The molecule has 0 spiro atoms. The van der Waals surface area contributed by atoms with Crippen LogP contribution in [0.3, 0.4) is 0 Å². The van der Waals surface area contributed by atoms with E-state index < -0.39 is 41.5 Å². The maximum Gasteiger partial charge on any atom is 0.419 e. The van der Waals surface area contributed by atoms with Crippen LogP contribution in [0, 0.1) is 5.82 Å². The Kier molecular flexibility index (Phi) is 8.35. The highest BCUT2D eigenvalue weighted by Crippen LogP contribution is 2.38. The number of nitrogens with zero attached hydrogens (tertiary/aromatic N) is 5. The zero-order valence-electron chi connectivity index (χ0n) is 25.8. The number of amides is 2. The molecule has 0 aliphatic carbocycles. The number of nitrogens with two attached hydrogens (primary N) is 1. The molecule has 47 heavy (non-hydrogen) atoms. The summed E-state index contributed by atoms with van der Waals surface area (Å²) in [4.78, 5) is 49.7. The Morgan fingerprint density at radius 2 is 1.85 bits per heavy atom. The summed E-state index contributed by atoms with van der Waals surface area (Å²) >= 11 is 5.84. The fraction of sp³-hybridized carbons (Fsp3) is 0.303. The SMILES string of the molecule is CC(C)(C)OC(=O)n1cc(-c2cn(CC(=O)N3C[C@H](F)C[C@H]3C(=O)NCc3cccc(Cl)c3F)c3ncnc(N)c23)c2ccccc21. The molecule has 4 heterocycles. The van der Waals surface area contributed by atoms with Crippen molar-refractivity contribution in [1.29, 1.82) is 0 Å². The molecule has 3 aromatic heterocycles. The fourth-order valence-electron chi connectivity index (χ4n) is 5.86. The molecule has 6 rings (SSSR count). The number of aromatic nitrogens is 4. The maximum absolute atomic E-state index is 14.7. The second-order valence-electron chi connectivity index (χ2n) is 12.4. The monoisotopic (exact) mass is 663 g/mol. The van der Waals surface area contributed by atoms with E-state index in [4.69, 9.17) is 22.1 Å². The number of hydrogen-bond acceptors (Lipinski definition) is 7. The minimum atomic E-state index is -1.42. The lowest BCUT2D eigenvalue weighted by Gasteiger charge is -2.24. The van der Waals surface area contributed by atoms with E-state index in [2.05, 4.69) is 15.3 Å². The summed E-state index contributed by atoms with van der Waals surface area (Å²) in [5.41, 5.74) is 7.89. The maximum atomic E-state index is 14.7. The molecule has 0 bridgehead atoms. The van der Waals surface area contributed by atoms with Gasteiger partial charge < -0.3 is 25.3 Å². The number of fused-ring (bicyclic) bond motifs is 2. The van der Waals surface area contributed by atoms with Gasteiger partial charge in [-0.1, -0.05) is 41.9 Å². The number of nitrogens with one attached hydrogen (secondary N) is 1. The van der Waals surface area contributed by atoms with Crippen LogP contribution in [0.15, 0.2) is 61.2 Å². The quantitative estimate of drug-likeness (QED) is 0.246. The third kappa shape index (κ3) is 6.22. The molecule has 0 radical (unpaired) electrons. The van der Waals surface area contributed by atoms with Gasteiger partial charge in [0, 0.05) is 47.4 Å². The van der Waals surface area contributed by atoms with Crippen molar-refractivity contribution in [2.45, 2.75) is 58.1 Å². The fourth-order valence-corrected chi connectivity index (χ4v) is 6.05. The highest BCUT2D eigenvalue weighted by molar-refractivity contribution is 6.30. The van der Waals surface area contributed by atoms with Gasteiger partial charge in [0.15, 0.2) is 0 Å². The Labute approximate surface area is 273 Å². The number of alkyl halides is 1. The highest BCUT2D eigenvalue weighted by Gasteiger charge is 2.40. The highest BCUT2D eigenvalue weighted by atomic mass is 35.5. The molecular weight excluding hydrogens is 632 g/mol. The standard InChI is InChI=1S/C33H32ClF2N7O4/c1-33(2,3)47-32(46)43-15-21(20-8-4-5-10-24(20)43)22-14-41(30-27(22)29(37)39-17-40-30)16-26(44)42-13-19(35)11-25(42)31(45)38-12-18-7-6-9-23(34)28(18)36/h4-10,14-15,17,19,25H,11-13,16H2,1-3H3,(H,38,45)(H2,37,39,40)/t19-,25+/m1/s1. The van der Waals surface area contributed by atoms with E-state index in [-0.39, 0.29) is 42.5 Å². The molecule has 2 amide bonds. The molecule has 3 N–H and O–H groups in total. The van der Waals surface area contributed by atoms with E-state index in [9.17, 15) is 23.2 Å². The molecule has 2 aromatic carbocycles. The number of carbonyl (C=O) groups excluding carboxylic acids is 3. The summed E-state index contributed by atoms with van der Waals surface area (Å²) in [5, 5.41) is 3.69. The molecule has 1 saturated heterocycles. The van der Waals surface area contributed by atoms with E-state index >= 15 is 0 Å². The zero-order valence-corrected chi connectivity index (χ0v) is 26.6. The van der Waals surface area contributed by atoms with Crippen molar-refractivity contribution in [3.05, 3.63) is 77.6 Å². The van der Waals surface area contributed by atoms with Crippen molar-refractivity contribution in [3.63, 3.8) is 0 Å². The van der Waals surface area contributed by atoms with E-state index in [1.54, 1.807) is 55.9 Å². The van der Waals surface area contributed by atoms with Crippen LogP contribution in [0.25, 0.3) is 33.1 Å². The van der Waals surface area contributed by atoms with Crippen molar-refractivity contribution >= 4 is 57.3 Å². The molecule has 11 nitrogen and oxygen atoms in total. The predicted molar refractivity (Wildman–Crippen MR) is 173 cm³/mol. The van der Waals surface area contributed by atoms with Crippen molar-refractivity contribution in [2.24, 2.45) is 0 Å². The molecule has 5 aromatic rings. The summed E-state index contributed by atoms with van der Waals surface area (Å²) < 4.78 is 37.6. The number of benzene rings is 2. The molecule has 2 atom stereocenters. The first-order chi connectivity index (χ1) is 22.3. The number of para-hydroxylation sites is 1. The summed E-state index contributed by atoms with van der Waals surface area (Å²) in [6, 6.07) is 10.6. The summed E-state index contributed by atoms with van der Waals surface area (Å²) in [6.07, 6.45) is 2.39. The van der Waals surface area contributed by atoms with Gasteiger partial charge in [-0.2, -0.15) is 0 Å². The Morgan fingerprint density at radius 3 is 2.62 bits per heavy atom. The second-order valence-corrected chi connectivity index (χ2v) is 12.8. The number of ether oxygens (including phenoxy) is 1. The molecule has 244 valence electrons. The van der Waals surface area contributed by atoms with Crippen LogP contribution in [0.2, 0.25) is 5.02 Å². The lowest BCUT2D eigenvalue weighted by Crippen LogP contribution is -2.46. The minimum absolute atomic E-state index is 0.0876. The van der Waals surface area contributed by atoms with Crippen LogP contribution in [-0.4, -0.2) is 66.3 Å². The Hall–Kier alpha value is -5.04. The first-order valence-corrected chi connectivity index (χ1v) is 15.3. The van der Waals surface area contributed by atoms with Crippen LogP contribution in [-0.2, 0) is 27.4 Å². The largest absolute Gasteiger partial charge is 0.443 e. The van der Waals surface area contributed by atoms with Crippen molar-refractivity contribution in [2.75, 3.05) is 12.3 Å². The van der Waals surface area contributed by atoms with Gasteiger partial charge in [-0.15, -0.1) is 0 Å². The Balaban J connectivity index is 1.31. The number of hydrogen-bond donors (Lipinski definition) is 2. The first-order valence-electron chi connectivity index (χ1n) is 14.9. The Morgan fingerprint density at radius 1 is 1.09 bits per heavy atom. The lowest BCUT2D eigenvalue weighted by molar-refractivity contribution is -0.139. The van der Waals surface area contributed by atoms with Gasteiger partial charge in [-0.05, 0) is 32.9 Å². The molecule has 1 aliphatic heterocycles. The van der Waals surface area contributed by atoms with Gasteiger partial charge in [0.1, 0.15) is 48.0 Å². The number of anilines is 1. The number of halogens is 3. The summed E-state index contributed by atoms with van der Waals surface area (Å²) in [6.45, 7) is 4.57. The third-order valence-corrected chi connectivity index (χ3v) is 8.23. The number of likely N-dealkylation sites (tertiary alicyclic amines) is 1. The summed E-state index contributed by atoms with van der Waals surface area (Å²) in [5.74, 6) is -1.66. The van der Waals surface area contributed by atoms with E-state index in [0.717, 1.165) is 5.39 Å². The van der Waals surface area contributed by atoms with Crippen molar-refractivity contribution in [1.82, 2.24) is 29.3 Å². The number of rotatable bonds is 6. The minimum Gasteiger partial charge on any atom is -0.443 e. The predicted octanol–water partition coefficient (Wildman–Crippen LogP) is 5.47. The van der Waals surface area contributed by atoms with Crippen molar-refractivity contribution in [3.8, 4) is 11.1 Å². The smallest absolute Gasteiger partial charge is 0.419 e. The van der Waals surface area contributed by atoms with E-state index in [0.29, 0.717) is 27.7 Å². The topological polar surface area (TPSA) is 137 Å². The molecule has 1 aliphatic rings.